The van der Waals surface area contributed by atoms with Crippen LogP contribution in [0.5, 0.6) is 0 Å². The molecule has 0 spiro atoms. The van der Waals surface area contributed by atoms with Crippen LogP contribution in [0, 0.1) is 142 Å². The number of nitrogens with zero attached hydrogens (tertiary/aromatic N) is 2. The lowest BCUT2D eigenvalue weighted by Crippen LogP contribution is -2.50. The van der Waals surface area contributed by atoms with Crippen LogP contribution in [-0.2, 0) is 43.3 Å². The first kappa shape index (κ1) is 74.4. The average Bonchev–Trinajstić information content (AvgIpc) is 0.726. The number of hydrogen-bond donors (Lipinski definition) is 0. The molecule has 32 fully saturated rings. The Kier molecular flexibility index (Phi) is 15.4. The van der Waals surface area contributed by atoms with Crippen molar-refractivity contribution in [1.29, 1.82) is 0 Å². The summed E-state index contributed by atoms with van der Waals surface area (Å²) in [6, 6.07) is 67.6. The zero-order valence-corrected chi connectivity index (χ0v) is 76.5. The molecule has 126 heavy (non-hydrogen) atoms. The third-order valence-corrected chi connectivity index (χ3v) is 46.4. The van der Waals surface area contributed by atoms with Gasteiger partial charge in [0, 0.05) is 44.3 Å². The minimum atomic E-state index is 0.243. The van der Waals surface area contributed by atoms with Gasteiger partial charge in [-0.05, 0) is 604 Å². The summed E-state index contributed by atoms with van der Waals surface area (Å²) in [7, 11) is 0. The Labute approximate surface area is 755 Å². The highest BCUT2D eigenvalue weighted by Gasteiger charge is 2.62. The summed E-state index contributed by atoms with van der Waals surface area (Å²) in [6.07, 6.45) is 69.9. The van der Waals surface area contributed by atoms with E-state index in [4.69, 9.17) is 0 Å². The van der Waals surface area contributed by atoms with Crippen LogP contribution in [0.2, 0.25) is 0 Å². The zero-order valence-electron chi connectivity index (χ0n) is 76.5. The first-order valence-corrected chi connectivity index (χ1v) is 54.9. The molecule has 2 nitrogen and oxygen atoms in total. The van der Waals surface area contributed by atoms with Crippen molar-refractivity contribution >= 4 is 55.7 Å². The zero-order chi connectivity index (χ0) is 81.5. The van der Waals surface area contributed by atoms with Crippen LogP contribution >= 0.6 is 0 Å². The van der Waals surface area contributed by atoms with Crippen LogP contribution in [0.3, 0.4) is 0 Å². The minimum Gasteiger partial charge on any atom is -0.309 e. The fraction of sp³-hybridized carbons (Fsp3) is 0.645. The fourth-order valence-electron chi connectivity index (χ4n) is 45.4. The molecule has 8 aromatic carbocycles. The van der Waals surface area contributed by atoms with Crippen molar-refractivity contribution < 1.29 is 0 Å². The number of rotatable bonds is 15. The molecule has 0 saturated heterocycles. The second-order valence-electron chi connectivity index (χ2n) is 54.7. The van der Waals surface area contributed by atoms with Gasteiger partial charge in [-0.3, -0.25) is 0 Å². The number of benzene rings is 8. The van der Waals surface area contributed by atoms with Crippen molar-refractivity contribution in [2.75, 3.05) is 9.80 Å². The molecule has 0 aromatic heterocycles. The molecule has 0 atom stereocenters. The van der Waals surface area contributed by atoms with E-state index in [1.54, 1.807) is 67.3 Å². The predicted molar refractivity (Wildman–Crippen MR) is 515 cm³/mol. The molecule has 32 aliphatic carbocycles. The molecular weight excluding hydrogens is 1520 g/mol. The molecule has 32 aliphatic rings. The number of hydrogen-bond acceptors (Lipinski definition) is 2. The van der Waals surface area contributed by atoms with E-state index in [1.165, 1.54) is 352 Å². The van der Waals surface area contributed by atoms with Gasteiger partial charge in [-0.2, -0.15) is 0 Å². The van der Waals surface area contributed by atoms with E-state index >= 15 is 0 Å². The summed E-state index contributed by atoms with van der Waals surface area (Å²) < 4.78 is 0. The lowest BCUT2D eigenvalue weighted by Gasteiger charge is -2.59. The standard InChI is InChI=1S/C124H144N2/c1-2-6-97(7-3-1)98-10-11-113-114(36-98)116(126(109-45-103(121-61-85-24-86(62-121)26-87(25-85)63-121)39-104(46-109)122-64-88-27-89(65-122)29-90(28-88)66-122)110-47-105(123-67-91-30-92(68-123)32-93(31-91)69-123)40-106(48-110)124-70-94-33-95(71-124)35-96(34-94)72-124)112-9-5-4-8-111(112)115(113)125(107-41-99(117-49-73-12-74(50-117)14-75(13-73)51-117)37-100(42-107)118-52-76-15-77(53-118)17-78(16-76)54-118)108-43-101(119-55-79-18-80(56-119)20-81(19-79)57-119)38-102(44-108)120-58-82-21-83(59-120)23-84(22-82)60-120/h1-11,36-48,73-96H,12-35,49-72H2. The topological polar surface area (TPSA) is 6.48 Å². The predicted octanol–water partition coefficient (Wildman–Crippen LogP) is 32.3. The van der Waals surface area contributed by atoms with E-state index in [1.807, 2.05) is 0 Å². The third kappa shape index (κ3) is 11.0. The largest absolute Gasteiger partial charge is 0.309 e. The fourth-order valence-corrected chi connectivity index (χ4v) is 45.4. The Morgan fingerprint density at radius 1 is 0.151 bits per heavy atom. The summed E-state index contributed by atoms with van der Waals surface area (Å²) in [5, 5.41) is 5.95. The number of fused-ring (bicyclic) bond motifs is 2. The summed E-state index contributed by atoms with van der Waals surface area (Å²) in [4.78, 5) is 6.45. The van der Waals surface area contributed by atoms with E-state index in [0.717, 1.165) is 142 Å². The second-order valence-corrected chi connectivity index (χ2v) is 54.7. The summed E-state index contributed by atoms with van der Waals surface area (Å²) >= 11 is 0. The van der Waals surface area contributed by atoms with Crippen LogP contribution < -0.4 is 9.80 Å². The van der Waals surface area contributed by atoms with Gasteiger partial charge in [0.25, 0.3) is 0 Å². The van der Waals surface area contributed by atoms with Gasteiger partial charge >= 0.3 is 0 Å². The Hall–Kier alpha value is -6.12. The first-order valence-electron chi connectivity index (χ1n) is 54.9. The lowest BCUT2D eigenvalue weighted by molar-refractivity contribution is -0.00861. The van der Waals surface area contributed by atoms with Gasteiger partial charge in [0.05, 0.1) is 11.4 Å². The molecule has 650 valence electrons. The van der Waals surface area contributed by atoms with Gasteiger partial charge in [0.1, 0.15) is 0 Å². The highest BCUT2D eigenvalue weighted by Crippen LogP contribution is 2.73. The maximum atomic E-state index is 3.23. The van der Waals surface area contributed by atoms with Crippen molar-refractivity contribution in [2.24, 2.45) is 142 Å². The maximum Gasteiger partial charge on any atom is 0.0620 e. The van der Waals surface area contributed by atoms with Gasteiger partial charge in [0.15, 0.2) is 0 Å². The lowest BCUT2D eigenvalue weighted by atomic mass is 9.46. The molecule has 8 aromatic rings. The van der Waals surface area contributed by atoms with Crippen LogP contribution in [0.1, 0.15) is 353 Å². The molecule has 0 heterocycles. The summed E-state index contributed by atoms with van der Waals surface area (Å²) in [5.74, 6) is 21.2. The smallest absolute Gasteiger partial charge is 0.0620 e. The Morgan fingerprint density at radius 3 is 0.508 bits per heavy atom. The van der Waals surface area contributed by atoms with Gasteiger partial charge in [-0.1, -0.05) is 91.0 Å². The normalized spacial score (nSPS) is 46.6. The van der Waals surface area contributed by atoms with Crippen LogP contribution in [-0.4, -0.2) is 0 Å². The SMILES string of the molecule is c1ccc(-c2ccc3c(N(c4cc(C56CC7CC(CC(C7)C5)C6)cc(C56CC7CC(CC(C7)C5)C6)c4)c4cc(C56CC7CC(CC(C7)C5)C6)cc(C56CC7CC(CC(C7)C5)C6)c4)c4ccccc4c(N(c4cc(C56CC7CC(CC(C7)C5)C6)cc(C56CC7CC(CC(C7)C5)C6)c4)c4cc(C56CC7CC(CC(C7)C5)C6)cc(C56CC7CC(CC(C7)C5)C6)c4)c3c2)cc1. The summed E-state index contributed by atoms with van der Waals surface area (Å²) in [5.41, 5.74) is 28.2. The number of anilines is 6. The molecule has 2 heteroatoms. The first-order chi connectivity index (χ1) is 61.6. The van der Waals surface area contributed by atoms with Crippen LogP contribution in [0.25, 0.3) is 32.7 Å². The quantitative estimate of drug-likeness (QED) is 0.0746. The molecular formula is C124H144N2. The van der Waals surface area contributed by atoms with Crippen molar-refractivity contribution in [2.45, 2.75) is 352 Å². The Morgan fingerprint density at radius 2 is 0.317 bits per heavy atom. The minimum absolute atomic E-state index is 0.243. The van der Waals surface area contributed by atoms with Crippen LogP contribution in [0.15, 0.2) is 146 Å². The highest BCUT2D eigenvalue weighted by atomic mass is 15.2. The highest BCUT2D eigenvalue weighted by molar-refractivity contribution is 6.24. The molecule has 32 bridgehead atoms. The van der Waals surface area contributed by atoms with E-state index in [0.29, 0.717) is 0 Å². The average molecular weight is 1660 g/mol. The molecule has 0 N–H and O–H groups in total. The Balaban J connectivity index is 0.703. The van der Waals surface area contributed by atoms with Crippen LogP contribution in [0.4, 0.5) is 34.1 Å². The molecule has 0 aliphatic heterocycles. The molecule has 40 rings (SSSR count). The van der Waals surface area contributed by atoms with Gasteiger partial charge in [0.2, 0.25) is 0 Å². The maximum absolute atomic E-state index is 3.23. The van der Waals surface area contributed by atoms with E-state index in [-0.39, 0.29) is 43.3 Å². The third-order valence-electron chi connectivity index (χ3n) is 46.4. The molecule has 0 unspecified atom stereocenters. The molecule has 0 radical (unpaired) electrons. The van der Waals surface area contributed by atoms with Crippen molar-refractivity contribution in [3.63, 3.8) is 0 Å². The van der Waals surface area contributed by atoms with Gasteiger partial charge < -0.3 is 9.80 Å². The van der Waals surface area contributed by atoms with Crippen molar-refractivity contribution in [3.8, 4) is 11.1 Å². The van der Waals surface area contributed by atoms with E-state index in [9.17, 15) is 0 Å². The monoisotopic (exact) mass is 1660 g/mol. The van der Waals surface area contributed by atoms with Gasteiger partial charge in [-0.25, -0.2) is 0 Å². The van der Waals surface area contributed by atoms with E-state index < -0.39 is 0 Å². The molecule has 0 amide bonds. The van der Waals surface area contributed by atoms with E-state index in [2.05, 4.69) is 155 Å². The second kappa shape index (κ2) is 26.0. The molecule has 32 saturated carbocycles. The Bertz CT molecular complexity index is 5070. The van der Waals surface area contributed by atoms with Gasteiger partial charge in [-0.15, -0.1) is 0 Å². The van der Waals surface area contributed by atoms with Crippen molar-refractivity contribution in [3.05, 3.63) is 190 Å². The van der Waals surface area contributed by atoms with Crippen molar-refractivity contribution in [1.82, 2.24) is 0 Å². The summed E-state index contributed by atoms with van der Waals surface area (Å²) in [6.45, 7) is 0.